The highest BCUT2D eigenvalue weighted by Gasteiger charge is 2.27. The lowest BCUT2D eigenvalue weighted by atomic mass is 9.99. The lowest BCUT2D eigenvalue weighted by molar-refractivity contribution is -0.145. The second-order valence-corrected chi connectivity index (χ2v) is 5.16. The lowest BCUT2D eigenvalue weighted by Crippen LogP contribution is -2.53. The van der Waals surface area contributed by atoms with E-state index >= 15 is 0 Å². The quantitative estimate of drug-likeness (QED) is 0.551. The summed E-state index contributed by atoms with van der Waals surface area (Å²) in [5.74, 6) is -2.63. The standard InChI is InChI=1S/C12H21N3O5/c1-7-5-8(3-4-15(7)2)13-12(20)14-9(11(18)19)6-10(16)17/h7-9H,3-6H2,1-2H3,(H,16,17)(H,18,19)(H2,13,14,20). The molecule has 1 heterocycles. The van der Waals surface area contributed by atoms with Gasteiger partial charge in [0, 0.05) is 18.6 Å². The molecule has 1 aliphatic rings. The first-order chi connectivity index (χ1) is 9.29. The minimum Gasteiger partial charge on any atom is -0.481 e. The van der Waals surface area contributed by atoms with Gasteiger partial charge in [-0.1, -0.05) is 0 Å². The fourth-order valence-electron chi connectivity index (χ4n) is 2.18. The second kappa shape index (κ2) is 7.09. The molecule has 1 rings (SSSR count). The molecule has 2 amide bonds. The van der Waals surface area contributed by atoms with E-state index in [1.807, 2.05) is 7.05 Å². The predicted molar refractivity (Wildman–Crippen MR) is 70.5 cm³/mol. The zero-order valence-electron chi connectivity index (χ0n) is 11.6. The van der Waals surface area contributed by atoms with Crippen LogP contribution in [-0.4, -0.2) is 64.8 Å². The van der Waals surface area contributed by atoms with Gasteiger partial charge in [-0.15, -0.1) is 0 Å². The number of likely N-dealkylation sites (tertiary alicyclic amines) is 1. The summed E-state index contributed by atoms with van der Waals surface area (Å²) in [5, 5.41) is 22.3. The van der Waals surface area contributed by atoms with E-state index in [1.165, 1.54) is 0 Å². The van der Waals surface area contributed by atoms with Crippen molar-refractivity contribution in [2.24, 2.45) is 0 Å². The van der Waals surface area contributed by atoms with Crippen molar-refractivity contribution in [2.75, 3.05) is 13.6 Å². The molecule has 0 aromatic heterocycles. The normalized spacial score (nSPS) is 24.7. The first kappa shape index (κ1) is 16.2. The first-order valence-corrected chi connectivity index (χ1v) is 6.51. The zero-order chi connectivity index (χ0) is 15.3. The molecular weight excluding hydrogens is 266 g/mol. The molecule has 3 unspecified atom stereocenters. The molecule has 1 fully saturated rings. The first-order valence-electron chi connectivity index (χ1n) is 6.51. The van der Waals surface area contributed by atoms with Crippen LogP contribution >= 0.6 is 0 Å². The smallest absolute Gasteiger partial charge is 0.326 e. The van der Waals surface area contributed by atoms with Crippen molar-refractivity contribution in [3.8, 4) is 0 Å². The topological polar surface area (TPSA) is 119 Å². The van der Waals surface area contributed by atoms with Crippen molar-refractivity contribution in [2.45, 2.75) is 44.3 Å². The van der Waals surface area contributed by atoms with E-state index in [2.05, 4.69) is 22.5 Å². The average molecular weight is 287 g/mol. The van der Waals surface area contributed by atoms with Gasteiger partial charge >= 0.3 is 18.0 Å². The summed E-state index contributed by atoms with van der Waals surface area (Å²) in [6.45, 7) is 2.90. The zero-order valence-corrected chi connectivity index (χ0v) is 11.6. The fraction of sp³-hybridized carbons (Fsp3) is 0.750. The van der Waals surface area contributed by atoms with Crippen molar-refractivity contribution in [1.82, 2.24) is 15.5 Å². The molecule has 114 valence electrons. The second-order valence-electron chi connectivity index (χ2n) is 5.16. The van der Waals surface area contributed by atoms with E-state index < -0.39 is 30.4 Å². The Labute approximate surface area is 117 Å². The Morgan fingerprint density at radius 2 is 2.00 bits per heavy atom. The van der Waals surface area contributed by atoms with Gasteiger partial charge in [0.1, 0.15) is 6.04 Å². The Morgan fingerprint density at radius 1 is 1.35 bits per heavy atom. The number of amides is 2. The number of piperidine rings is 1. The number of aliphatic carboxylic acids is 2. The third kappa shape index (κ3) is 5.04. The molecule has 0 aromatic carbocycles. The molecule has 1 saturated heterocycles. The average Bonchev–Trinajstić information content (AvgIpc) is 2.32. The largest absolute Gasteiger partial charge is 0.481 e. The summed E-state index contributed by atoms with van der Waals surface area (Å²) in [7, 11) is 2.01. The van der Waals surface area contributed by atoms with Crippen molar-refractivity contribution >= 4 is 18.0 Å². The Morgan fingerprint density at radius 3 is 2.50 bits per heavy atom. The number of rotatable bonds is 5. The number of nitrogens with zero attached hydrogens (tertiary/aromatic N) is 1. The molecule has 0 saturated carbocycles. The van der Waals surface area contributed by atoms with Crippen LogP contribution in [0.2, 0.25) is 0 Å². The number of hydrogen-bond donors (Lipinski definition) is 4. The van der Waals surface area contributed by atoms with Gasteiger partial charge in [-0.05, 0) is 26.8 Å². The molecule has 0 bridgehead atoms. The monoisotopic (exact) mass is 287 g/mol. The number of nitrogens with one attached hydrogen (secondary N) is 2. The van der Waals surface area contributed by atoms with E-state index in [-0.39, 0.29) is 6.04 Å². The highest BCUT2D eigenvalue weighted by atomic mass is 16.4. The predicted octanol–water partition coefficient (Wildman–Crippen LogP) is -0.304. The van der Waals surface area contributed by atoms with Crippen LogP contribution in [0.3, 0.4) is 0 Å². The van der Waals surface area contributed by atoms with Crippen LogP contribution in [0.15, 0.2) is 0 Å². The van der Waals surface area contributed by atoms with Gasteiger partial charge in [0.05, 0.1) is 6.42 Å². The minimum absolute atomic E-state index is 0.0273. The summed E-state index contributed by atoms with van der Waals surface area (Å²) in [4.78, 5) is 35.3. The minimum atomic E-state index is -1.42. The summed E-state index contributed by atoms with van der Waals surface area (Å²) in [6.07, 6.45) is 0.915. The lowest BCUT2D eigenvalue weighted by Gasteiger charge is -2.35. The molecule has 0 aromatic rings. The van der Waals surface area contributed by atoms with Crippen molar-refractivity contribution < 1.29 is 24.6 Å². The van der Waals surface area contributed by atoms with Gasteiger partial charge in [-0.3, -0.25) is 4.79 Å². The van der Waals surface area contributed by atoms with Crippen LogP contribution in [0.5, 0.6) is 0 Å². The molecular formula is C12H21N3O5. The molecule has 4 N–H and O–H groups in total. The third-order valence-corrected chi connectivity index (χ3v) is 3.53. The number of carboxylic acids is 2. The maximum atomic E-state index is 11.7. The molecule has 0 spiro atoms. The van der Waals surface area contributed by atoms with Gasteiger partial charge in [-0.25, -0.2) is 9.59 Å². The van der Waals surface area contributed by atoms with Crippen LogP contribution in [0, 0.1) is 0 Å². The van der Waals surface area contributed by atoms with E-state index in [0.29, 0.717) is 6.04 Å². The number of urea groups is 1. The van der Waals surface area contributed by atoms with E-state index in [0.717, 1.165) is 19.4 Å². The maximum Gasteiger partial charge on any atom is 0.326 e. The van der Waals surface area contributed by atoms with Gasteiger partial charge < -0.3 is 25.7 Å². The van der Waals surface area contributed by atoms with E-state index in [4.69, 9.17) is 10.2 Å². The molecule has 8 heteroatoms. The van der Waals surface area contributed by atoms with Crippen LogP contribution in [0.25, 0.3) is 0 Å². The molecule has 0 radical (unpaired) electrons. The Bertz CT molecular complexity index is 387. The Kier molecular flexibility index (Phi) is 5.75. The van der Waals surface area contributed by atoms with Gasteiger partial charge in [-0.2, -0.15) is 0 Å². The maximum absolute atomic E-state index is 11.7. The third-order valence-electron chi connectivity index (χ3n) is 3.53. The highest BCUT2D eigenvalue weighted by Crippen LogP contribution is 2.15. The van der Waals surface area contributed by atoms with E-state index in [1.54, 1.807) is 0 Å². The Balaban J connectivity index is 2.45. The van der Waals surface area contributed by atoms with Gasteiger partial charge in [0.25, 0.3) is 0 Å². The molecule has 3 atom stereocenters. The number of hydrogen-bond acceptors (Lipinski definition) is 4. The van der Waals surface area contributed by atoms with Crippen molar-refractivity contribution in [3.05, 3.63) is 0 Å². The SMILES string of the molecule is CC1CC(NC(=O)NC(CC(=O)O)C(=O)O)CCN1C. The Hall–Kier alpha value is -1.83. The van der Waals surface area contributed by atoms with Gasteiger partial charge in [0.15, 0.2) is 0 Å². The summed E-state index contributed by atoms with van der Waals surface area (Å²) < 4.78 is 0. The number of carbonyl (C=O) groups excluding carboxylic acids is 1. The molecule has 0 aliphatic carbocycles. The number of carboxylic acid groups (broad SMARTS) is 2. The van der Waals surface area contributed by atoms with E-state index in [9.17, 15) is 14.4 Å². The van der Waals surface area contributed by atoms with Crippen molar-refractivity contribution in [1.29, 1.82) is 0 Å². The summed E-state index contributed by atoms with van der Waals surface area (Å²) in [6, 6.07) is -1.75. The van der Waals surface area contributed by atoms with Crippen LogP contribution < -0.4 is 10.6 Å². The fourth-order valence-corrected chi connectivity index (χ4v) is 2.18. The van der Waals surface area contributed by atoms with Crippen LogP contribution in [-0.2, 0) is 9.59 Å². The van der Waals surface area contributed by atoms with Crippen LogP contribution in [0.1, 0.15) is 26.2 Å². The highest BCUT2D eigenvalue weighted by molar-refractivity contribution is 5.86. The molecule has 1 aliphatic heterocycles. The number of carbonyl (C=O) groups is 3. The molecule has 8 nitrogen and oxygen atoms in total. The van der Waals surface area contributed by atoms with Crippen molar-refractivity contribution in [3.63, 3.8) is 0 Å². The summed E-state index contributed by atoms with van der Waals surface area (Å²) >= 11 is 0. The molecule has 20 heavy (non-hydrogen) atoms. The summed E-state index contributed by atoms with van der Waals surface area (Å²) in [5.41, 5.74) is 0. The van der Waals surface area contributed by atoms with Crippen LogP contribution in [0.4, 0.5) is 4.79 Å². The van der Waals surface area contributed by atoms with Gasteiger partial charge in [0.2, 0.25) is 0 Å².